The SMILES string of the molecule is CN(C)C1CCN(C(=O)c2ccc3cc(OCCCN4CCCCC4)ccc3c2)C1. The summed E-state index contributed by atoms with van der Waals surface area (Å²) in [5.41, 5.74) is 0.775. The predicted molar refractivity (Wildman–Crippen MR) is 122 cm³/mol. The van der Waals surface area contributed by atoms with E-state index < -0.39 is 0 Å². The highest BCUT2D eigenvalue weighted by atomic mass is 16.5. The number of amides is 1. The highest BCUT2D eigenvalue weighted by molar-refractivity contribution is 5.99. The van der Waals surface area contributed by atoms with Crippen LogP contribution in [0.2, 0.25) is 0 Å². The normalized spacial score (nSPS) is 20.2. The maximum Gasteiger partial charge on any atom is 0.253 e. The lowest BCUT2D eigenvalue weighted by Gasteiger charge is -2.26. The van der Waals surface area contributed by atoms with E-state index in [9.17, 15) is 4.79 Å². The summed E-state index contributed by atoms with van der Waals surface area (Å²) in [7, 11) is 4.17. The van der Waals surface area contributed by atoms with Crippen LogP contribution in [0.15, 0.2) is 36.4 Å². The Hall–Kier alpha value is -2.11. The van der Waals surface area contributed by atoms with Crippen LogP contribution in [0.5, 0.6) is 5.75 Å². The van der Waals surface area contributed by atoms with E-state index in [-0.39, 0.29) is 5.91 Å². The molecule has 2 aromatic carbocycles. The van der Waals surface area contributed by atoms with E-state index in [1.807, 2.05) is 29.2 Å². The van der Waals surface area contributed by atoms with Gasteiger partial charge in [0, 0.05) is 31.2 Å². The highest BCUT2D eigenvalue weighted by Gasteiger charge is 2.28. The summed E-state index contributed by atoms with van der Waals surface area (Å²) < 4.78 is 5.99. The molecule has 2 aromatic rings. The molecule has 1 atom stereocenters. The third-order valence-corrected chi connectivity index (χ3v) is 6.58. The number of rotatable bonds is 7. The minimum Gasteiger partial charge on any atom is -0.494 e. The number of likely N-dealkylation sites (tertiary alicyclic amines) is 2. The number of hydrogen-bond acceptors (Lipinski definition) is 4. The van der Waals surface area contributed by atoms with Crippen LogP contribution in [-0.2, 0) is 0 Å². The van der Waals surface area contributed by atoms with Gasteiger partial charge in [-0.15, -0.1) is 0 Å². The molecule has 0 aromatic heterocycles. The number of likely N-dealkylation sites (N-methyl/N-ethyl adjacent to an activating group) is 1. The summed E-state index contributed by atoms with van der Waals surface area (Å²) in [4.78, 5) is 19.6. The standard InChI is InChI=1S/C25H35N3O2/c1-26(2)23-11-15-28(19-23)25(29)22-8-7-21-18-24(10-9-20(21)17-22)30-16-6-14-27-12-4-3-5-13-27/h7-10,17-18,23H,3-6,11-16,19H2,1-2H3. The van der Waals surface area contributed by atoms with E-state index in [0.717, 1.165) is 61.2 Å². The van der Waals surface area contributed by atoms with Gasteiger partial charge in [-0.2, -0.15) is 0 Å². The lowest BCUT2D eigenvalue weighted by atomic mass is 10.1. The first-order valence-corrected chi connectivity index (χ1v) is 11.4. The van der Waals surface area contributed by atoms with Gasteiger partial charge in [-0.05, 0) is 87.9 Å². The third-order valence-electron chi connectivity index (χ3n) is 6.58. The molecule has 2 heterocycles. The first kappa shape index (κ1) is 21.1. The van der Waals surface area contributed by atoms with Gasteiger partial charge in [-0.3, -0.25) is 4.79 Å². The number of ether oxygens (including phenoxy) is 1. The molecule has 0 radical (unpaired) electrons. The van der Waals surface area contributed by atoms with Crippen molar-refractivity contribution in [3.8, 4) is 5.75 Å². The average Bonchev–Trinajstić information content (AvgIpc) is 3.27. The van der Waals surface area contributed by atoms with Crippen molar-refractivity contribution in [3.63, 3.8) is 0 Å². The highest BCUT2D eigenvalue weighted by Crippen LogP contribution is 2.24. The molecule has 5 heteroatoms. The molecule has 2 aliphatic heterocycles. The van der Waals surface area contributed by atoms with Gasteiger partial charge in [0.2, 0.25) is 0 Å². The Morgan fingerprint density at radius 2 is 1.80 bits per heavy atom. The number of fused-ring (bicyclic) bond motifs is 1. The molecular formula is C25H35N3O2. The summed E-state index contributed by atoms with van der Waals surface area (Å²) >= 11 is 0. The predicted octanol–water partition coefficient (Wildman–Crippen LogP) is 3.87. The van der Waals surface area contributed by atoms with Crippen molar-refractivity contribution >= 4 is 16.7 Å². The van der Waals surface area contributed by atoms with Crippen LogP contribution in [0.3, 0.4) is 0 Å². The van der Waals surface area contributed by atoms with Crippen molar-refractivity contribution in [2.24, 2.45) is 0 Å². The second kappa shape index (κ2) is 9.80. The maximum atomic E-state index is 12.9. The lowest BCUT2D eigenvalue weighted by Crippen LogP contribution is -2.34. The first-order valence-electron chi connectivity index (χ1n) is 11.4. The largest absolute Gasteiger partial charge is 0.494 e. The minimum atomic E-state index is 0.138. The smallest absolute Gasteiger partial charge is 0.253 e. The van der Waals surface area contributed by atoms with E-state index >= 15 is 0 Å². The van der Waals surface area contributed by atoms with Crippen LogP contribution in [-0.4, -0.2) is 80.1 Å². The van der Waals surface area contributed by atoms with E-state index in [1.54, 1.807) is 0 Å². The molecule has 0 spiro atoms. The Morgan fingerprint density at radius 1 is 1.03 bits per heavy atom. The molecule has 0 bridgehead atoms. The van der Waals surface area contributed by atoms with E-state index in [0.29, 0.717) is 6.04 Å². The molecule has 2 fully saturated rings. The zero-order valence-corrected chi connectivity index (χ0v) is 18.5. The van der Waals surface area contributed by atoms with E-state index in [4.69, 9.17) is 4.74 Å². The molecule has 1 unspecified atom stereocenters. The Morgan fingerprint density at radius 3 is 2.57 bits per heavy atom. The third kappa shape index (κ3) is 5.13. The van der Waals surface area contributed by atoms with Crippen molar-refractivity contribution in [1.82, 2.24) is 14.7 Å². The molecule has 0 N–H and O–H groups in total. The van der Waals surface area contributed by atoms with Gasteiger partial charge in [0.05, 0.1) is 6.61 Å². The molecule has 5 nitrogen and oxygen atoms in total. The molecule has 2 aliphatic rings. The Labute approximate surface area is 180 Å². The summed E-state index contributed by atoms with van der Waals surface area (Å²) in [6.45, 7) is 6.01. The Bertz CT molecular complexity index is 861. The van der Waals surface area contributed by atoms with Crippen molar-refractivity contribution in [2.75, 3.05) is 53.4 Å². The fourth-order valence-electron chi connectivity index (χ4n) is 4.64. The second-order valence-corrected chi connectivity index (χ2v) is 8.99. The average molecular weight is 410 g/mol. The van der Waals surface area contributed by atoms with Crippen LogP contribution in [0.4, 0.5) is 0 Å². The molecule has 0 aliphatic carbocycles. The Kier molecular flexibility index (Phi) is 6.90. The van der Waals surface area contributed by atoms with Crippen LogP contribution < -0.4 is 4.74 Å². The number of carbonyl (C=O) groups is 1. The zero-order chi connectivity index (χ0) is 20.9. The molecule has 162 valence electrons. The van der Waals surface area contributed by atoms with Crippen molar-refractivity contribution in [2.45, 2.75) is 38.1 Å². The minimum absolute atomic E-state index is 0.138. The lowest BCUT2D eigenvalue weighted by molar-refractivity contribution is 0.0783. The number of carbonyl (C=O) groups excluding carboxylic acids is 1. The molecule has 0 saturated carbocycles. The van der Waals surface area contributed by atoms with Crippen molar-refractivity contribution < 1.29 is 9.53 Å². The van der Waals surface area contributed by atoms with Gasteiger partial charge in [0.15, 0.2) is 0 Å². The van der Waals surface area contributed by atoms with Crippen LogP contribution in [0, 0.1) is 0 Å². The first-order chi connectivity index (χ1) is 14.6. The van der Waals surface area contributed by atoms with E-state index in [1.165, 1.54) is 32.4 Å². The maximum absolute atomic E-state index is 12.9. The molecule has 2 saturated heterocycles. The van der Waals surface area contributed by atoms with Crippen LogP contribution in [0.25, 0.3) is 10.8 Å². The Balaban J connectivity index is 1.32. The number of hydrogen-bond donors (Lipinski definition) is 0. The van der Waals surface area contributed by atoms with Gasteiger partial charge < -0.3 is 19.4 Å². The fourth-order valence-corrected chi connectivity index (χ4v) is 4.64. The fraction of sp³-hybridized carbons (Fsp3) is 0.560. The van der Waals surface area contributed by atoms with Gasteiger partial charge >= 0.3 is 0 Å². The van der Waals surface area contributed by atoms with Crippen LogP contribution in [0.1, 0.15) is 42.5 Å². The monoisotopic (exact) mass is 409 g/mol. The van der Waals surface area contributed by atoms with Gasteiger partial charge in [0.1, 0.15) is 5.75 Å². The number of piperidine rings is 1. The summed E-state index contributed by atoms with van der Waals surface area (Å²) in [5, 5.41) is 2.21. The van der Waals surface area contributed by atoms with Crippen molar-refractivity contribution in [3.05, 3.63) is 42.0 Å². The summed E-state index contributed by atoms with van der Waals surface area (Å²) in [5.74, 6) is 1.05. The van der Waals surface area contributed by atoms with E-state index in [2.05, 4.69) is 36.0 Å². The van der Waals surface area contributed by atoms with Crippen LogP contribution >= 0.6 is 0 Å². The molecule has 30 heavy (non-hydrogen) atoms. The molecule has 4 rings (SSSR count). The number of nitrogens with zero attached hydrogens (tertiary/aromatic N) is 3. The second-order valence-electron chi connectivity index (χ2n) is 8.99. The summed E-state index contributed by atoms with van der Waals surface area (Å²) in [6, 6.07) is 12.7. The van der Waals surface area contributed by atoms with Gasteiger partial charge in [0.25, 0.3) is 5.91 Å². The summed E-state index contributed by atoms with van der Waals surface area (Å²) in [6.07, 6.45) is 6.17. The topological polar surface area (TPSA) is 36.0 Å². The molecule has 1 amide bonds. The number of benzene rings is 2. The zero-order valence-electron chi connectivity index (χ0n) is 18.5. The quantitative estimate of drug-likeness (QED) is 0.651. The van der Waals surface area contributed by atoms with Gasteiger partial charge in [-0.25, -0.2) is 0 Å². The van der Waals surface area contributed by atoms with Gasteiger partial charge in [-0.1, -0.05) is 18.6 Å². The molecular weight excluding hydrogens is 374 g/mol. The van der Waals surface area contributed by atoms with Crippen molar-refractivity contribution in [1.29, 1.82) is 0 Å².